The van der Waals surface area contributed by atoms with Crippen LogP contribution in [0.5, 0.6) is 0 Å². The van der Waals surface area contributed by atoms with Crippen molar-refractivity contribution in [1.29, 1.82) is 0 Å². The van der Waals surface area contributed by atoms with Crippen molar-refractivity contribution >= 4 is 41.3 Å². The number of guanidine groups is 1. The summed E-state index contributed by atoms with van der Waals surface area (Å²) in [5, 5.41) is 5.87. The van der Waals surface area contributed by atoms with Gasteiger partial charge in [-0.15, -0.1) is 35.3 Å². The van der Waals surface area contributed by atoms with E-state index < -0.39 is 0 Å². The van der Waals surface area contributed by atoms with Crippen LogP contribution < -0.4 is 5.32 Å². The second-order valence-electron chi connectivity index (χ2n) is 8.30. The van der Waals surface area contributed by atoms with E-state index in [9.17, 15) is 0 Å². The number of nitrogens with one attached hydrogen (secondary N) is 1. The van der Waals surface area contributed by atoms with E-state index in [1.165, 1.54) is 36.4 Å². The fourth-order valence-corrected chi connectivity index (χ4v) is 5.40. The number of halogens is 1. The third-order valence-electron chi connectivity index (χ3n) is 6.17. The van der Waals surface area contributed by atoms with Crippen LogP contribution in [0, 0.1) is 5.92 Å². The zero-order valence-electron chi connectivity index (χ0n) is 18.4. The molecule has 2 aromatic rings. The van der Waals surface area contributed by atoms with E-state index in [0.29, 0.717) is 18.6 Å². The fourth-order valence-electron chi connectivity index (χ4n) is 4.54. The Hall–Kier alpha value is -1.16. The summed E-state index contributed by atoms with van der Waals surface area (Å²) in [7, 11) is 1.90. The number of nitrogens with zero attached hydrogens (tertiary/aromatic N) is 3. The number of likely N-dealkylation sites (tertiary alicyclic amines) is 2. The Morgan fingerprint density at radius 2 is 1.97 bits per heavy atom. The van der Waals surface area contributed by atoms with Gasteiger partial charge in [0.05, 0.1) is 19.3 Å². The molecule has 1 N–H and O–H groups in total. The second-order valence-corrected chi connectivity index (χ2v) is 9.28. The highest BCUT2D eigenvalue weighted by molar-refractivity contribution is 14.0. The Morgan fingerprint density at radius 3 is 2.68 bits per heavy atom. The van der Waals surface area contributed by atoms with Gasteiger partial charge in [-0.3, -0.25) is 9.89 Å². The first kappa shape index (κ1) is 24.5. The molecular formula is C24H35IN4OS. The maximum atomic E-state index is 5.99. The summed E-state index contributed by atoms with van der Waals surface area (Å²) in [6.45, 7) is 6.89. The number of aliphatic imine (C=N–C) groups is 1. The first-order valence-corrected chi connectivity index (χ1v) is 12.1. The highest BCUT2D eigenvalue weighted by Crippen LogP contribution is 2.28. The third kappa shape index (κ3) is 6.91. The highest BCUT2D eigenvalue weighted by atomic mass is 127. The van der Waals surface area contributed by atoms with Crippen LogP contribution in [-0.2, 0) is 11.3 Å². The van der Waals surface area contributed by atoms with Gasteiger partial charge < -0.3 is 15.0 Å². The lowest BCUT2D eigenvalue weighted by Crippen LogP contribution is -2.44. The molecule has 0 saturated carbocycles. The Labute approximate surface area is 207 Å². The maximum Gasteiger partial charge on any atom is 0.193 e. The lowest BCUT2D eigenvalue weighted by molar-refractivity contribution is 0.0906. The number of hydrogen-bond acceptors (Lipinski definition) is 4. The Morgan fingerprint density at radius 1 is 1.16 bits per heavy atom. The summed E-state index contributed by atoms with van der Waals surface area (Å²) in [4.78, 5) is 11.1. The van der Waals surface area contributed by atoms with Gasteiger partial charge in [0, 0.05) is 37.5 Å². The van der Waals surface area contributed by atoms with E-state index in [1.807, 2.05) is 24.5 Å². The predicted octanol–water partition coefficient (Wildman–Crippen LogP) is 4.62. The first-order chi connectivity index (χ1) is 14.8. The fraction of sp³-hybridized carbons (Fsp3) is 0.542. The van der Waals surface area contributed by atoms with Gasteiger partial charge in [0.25, 0.3) is 0 Å². The molecular weight excluding hydrogens is 519 g/mol. The van der Waals surface area contributed by atoms with E-state index in [2.05, 4.69) is 61.9 Å². The van der Waals surface area contributed by atoms with Crippen LogP contribution in [0.4, 0.5) is 0 Å². The van der Waals surface area contributed by atoms with Crippen molar-refractivity contribution in [3.63, 3.8) is 0 Å². The molecule has 0 bridgehead atoms. The Kier molecular flexibility index (Phi) is 10.1. The van der Waals surface area contributed by atoms with Crippen molar-refractivity contribution in [3.05, 3.63) is 58.3 Å². The van der Waals surface area contributed by atoms with Crippen LogP contribution in [0.15, 0.2) is 52.8 Å². The van der Waals surface area contributed by atoms with Gasteiger partial charge in [-0.05, 0) is 49.4 Å². The first-order valence-electron chi connectivity index (χ1n) is 11.2. The van der Waals surface area contributed by atoms with Gasteiger partial charge in [-0.25, -0.2) is 0 Å². The number of benzene rings is 1. The summed E-state index contributed by atoms with van der Waals surface area (Å²) < 4.78 is 5.99. The third-order valence-corrected chi connectivity index (χ3v) is 7.14. The second kappa shape index (κ2) is 12.8. The molecule has 2 aliphatic heterocycles. The summed E-state index contributed by atoms with van der Waals surface area (Å²) in [5.41, 5.74) is 1.24. The molecule has 2 saturated heterocycles. The van der Waals surface area contributed by atoms with Crippen molar-refractivity contribution < 1.29 is 4.74 Å². The number of ether oxygens (including phenoxy) is 1. The summed E-state index contributed by atoms with van der Waals surface area (Å²) >= 11 is 1.87. The van der Waals surface area contributed by atoms with E-state index in [-0.39, 0.29) is 24.0 Å². The highest BCUT2D eigenvalue weighted by Gasteiger charge is 2.28. The summed E-state index contributed by atoms with van der Waals surface area (Å²) in [5.74, 6) is 1.60. The molecule has 0 amide bonds. The molecule has 2 aliphatic rings. The Bertz CT molecular complexity index is 780. The topological polar surface area (TPSA) is 40.1 Å². The molecule has 0 radical (unpaired) electrons. The molecule has 2 atom stereocenters. The van der Waals surface area contributed by atoms with Crippen molar-refractivity contribution in [2.24, 2.45) is 10.9 Å². The van der Waals surface area contributed by atoms with E-state index >= 15 is 0 Å². The van der Waals surface area contributed by atoms with Crippen molar-refractivity contribution in [2.45, 2.75) is 31.9 Å². The molecule has 0 aliphatic carbocycles. The normalized spacial score (nSPS) is 20.6. The molecule has 1 aromatic carbocycles. The van der Waals surface area contributed by atoms with Crippen LogP contribution in [0.3, 0.4) is 0 Å². The van der Waals surface area contributed by atoms with Gasteiger partial charge in [0.2, 0.25) is 0 Å². The molecule has 0 spiro atoms. The smallest absolute Gasteiger partial charge is 0.193 e. The van der Waals surface area contributed by atoms with Gasteiger partial charge in [-0.1, -0.05) is 36.4 Å². The lowest BCUT2D eigenvalue weighted by Gasteiger charge is -2.29. The van der Waals surface area contributed by atoms with Crippen LogP contribution in [0.1, 0.15) is 35.7 Å². The van der Waals surface area contributed by atoms with Crippen LogP contribution in [-0.4, -0.2) is 62.1 Å². The van der Waals surface area contributed by atoms with Crippen molar-refractivity contribution in [1.82, 2.24) is 15.1 Å². The molecule has 31 heavy (non-hydrogen) atoms. The Balaban J connectivity index is 0.00000272. The minimum Gasteiger partial charge on any atom is -0.376 e. The molecule has 170 valence electrons. The van der Waals surface area contributed by atoms with E-state index in [0.717, 1.165) is 38.6 Å². The predicted molar refractivity (Wildman–Crippen MR) is 140 cm³/mol. The molecule has 4 rings (SSSR count). The van der Waals surface area contributed by atoms with Crippen LogP contribution in [0.2, 0.25) is 0 Å². The largest absolute Gasteiger partial charge is 0.376 e. The lowest BCUT2D eigenvalue weighted by atomic mass is 10.1. The van der Waals surface area contributed by atoms with Gasteiger partial charge in [0.15, 0.2) is 5.96 Å². The quantitative estimate of drug-likeness (QED) is 0.294. The van der Waals surface area contributed by atoms with Crippen LogP contribution >= 0.6 is 35.3 Å². The zero-order valence-corrected chi connectivity index (χ0v) is 21.6. The molecule has 2 fully saturated rings. The van der Waals surface area contributed by atoms with Crippen LogP contribution in [0.25, 0.3) is 0 Å². The average molecular weight is 555 g/mol. The van der Waals surface area contributed by atoms with Crippen molar-refractivity contribution in [3.8, 4) is 0 Å². The van der Waals surface area contributed by atoms with Crippen molar-refractivity contribution in [2.75, 3.05) is 46.4 Å². The molecule has 3 heterocycles. The van der Waals surface area contributed by atoms with Gasteiger partial charge >= 0.3 is 0 Å². The number of thiophene rings is 1. The summed E-state index contributed by atoms with van der Waals surface area (Å²) in [6, 6.07) is 15.3. The SMILES string of the molecule is CN=C(NCC(c1cccs1)N1CCCC1)N1CCC(COCc2ccccc2)C1.I. The average Bonchev–Trinajstić information content (AvgIpc) is 3.55. The maximum absolute atomic E-state index is 5.99. The van der Waals surface area contributed by atoms with Gasteiger partial charge in [0.1, 0.15) is 0 Å². The molecule has 5 nitrogen and oxygen atoms in total. The van der Waals surface area contributed by atoms with Gasteiger partial charge in [-0.2, -0.15) is 0 Å². The zero-order chi connectivity index (χ0) is 20.6. The van der Waals surface area contributed by atoms with E-state index in [4.69, 9.17) is 4.74 Å². The number of rotatable bonds is 8. The van der Waals surface area contributed by atoms with E-state index in [1.54, 1.807) is 0 Å². The standard InChI is InChI=1S/C24H34N4OS.HI/c1-25-24(26-16-22(23-10-7-15-30-23)27-12-5-6-13-27)28-14-11-21(17-28)19-29-18-20-8-3-2-4-9-20;/h2-4,7-10,15,21-22H,5-6,11-14,16-19H2,1H3,(H,25,26);1H. The molecule has 2 unspecified atom stereocenters. The minimum absolute atomic E-state index is 0. The molecule has 7 heteroatoms. The minimum atomic E-state index is 0. The summed E-state index contributed by atoms with van der Waals surface area (Å²) in [6.07, 6.45) is 3.79. The monoisotopic (exact) mass is 554 g/mol. The molecule has 1 aromatic heterocycles. The number of hydrogen-bond donors (Lipinski definition) is 1.